The predicted octanol–water partition coefficient (Wildman–Crippen LogP) is -0.327. The van der Waals surface area contributed by atoms with Crippen molar-refractivity contribution in [3.63, 3.8) is 0 Å². The molecule has 2 amide bonds. The van der Waals surface area contributed by atoms with Crippen LogP contribution in [0.5, 0.6) is 0 Å². The van der Waals surface area contributed by atoms with Crippen molar-refractivity contribution in [2.75, 3.05) is 0 Å². The smallest absolute Gasteiger partial charge is 0.316 e. The van der Waals surface area contributed by atoms with E-state index < -0.39 is 12.1 Å². The van der Waals surface area contributed by atoms with Crippen LogP contribution in [0.3, 0.4) is 0 Å². The first kappa shape index (κ1) is 4.78. The molecule has 1 atom stereocenters. The molecule has 0 saturated heterocycles. The van der Waals surface area contributed by atoms with E-state index in [1.165, 1.54) is 6.21 Å². The monoisotopic (exact) mass is 109 g/mol. The highest BCUT2D eigenvalue weighted by Crippen LogP contribution is 1.87. The second-order valence-corrected chi connectivity index (χ2v) is 1.33. The quantitative estimate of drug-likeness (QED) is 0.463. The van der Waals surface area contributed by atoms with Gasteiger partial charge in [-0.3, -0.25) is 0 Å². The number of hydrogen-bond donors (Lipinski definition) is 1. The number of amides is 2. The number of hydrogen-bond acceptors (Lipinski definition) is 2. The average molecular weight is 109 g/mol. The zero-order valence-corrected chi connectivity index (χ0v) is 3.96. The van der Waals surface area contributed by atoms with Crippen LogP contribution in [-0.2, 0) is 0 Å². The minimum Gasteiger partial charge on any atom is -0.316 e. The molecule has 1 unspecified atom stereocenters. The maximum atomic E-state index is 10.2. The standard InChI is InChI=1S/C4H3N3O/c5-1-3-2-6-4(8)7-3/h2-3H,(H,7,8). The summed E-state index contributed by atoms with van der Waals surface area (Å²) >= 11 is 0. The third-order valence-electron chi connectivity index (χ3n) is 0.759. The third-order valence-corrected chi connectivity index (χ3v) is 0.759. The Balaban J connectivity index is 2.62. The highest BCUT2D eigenvalue weighted by atomic mass is 16.2. The van der Waals surface area contributed by atoms with Gasteiger partial charge < -0.3 is 5.32 Å². The molecule has 0 aromatic carbocycles. The molecule has 0 aromatic heterocycles. The minimum atomic E-state index is -0.512. The van der Waals surface area contributed by atoms with E-state index in [1.807, 2.05) is 6.07 Å². The summed E-state index contributed by atoms with van der Waals surface area (Å²) in [5.41, 5.74) is 0. The van der Waals surface area contributed by atoms with Gasteiger partial charge in [-0.2, -0.15) is 5.26 Å². The Morgan fingerprint density at radius 1 is 2.00 bits per heavy atom. The first-order valence-electron chi connectivity index (χ1n) is 2.07. The lowest BCUT2D eigenvalue weighted by molar-refractivity contribution is 0.251. The number of nitrogens with one attached hydrogen (secondary N) is 1. The molecule has 0 fully saturated rings. The van der Waals surface area contributed by atoms with Crippen molar-refractivity contribution in [3.05, 3.63) is 0 Å². The number of aliphatic imine (C=N–C) groups is 1. The summed E-state index contributed by atoms with van der Waals surface area (Å²) in [6, 6.07) is 0.868. The lowest BCUT2D eigenvalue weighted by Gasteiger charge is -1.89. The van der Waals surface area contributed by atoms with Gasteiger partial charge >= 0.3 is 6.03 Å². The second kappa shape index (κ2) is 1.62. The molecule has 0 aromatic rings. The summed E-state index contributed by atoms with van der Waals surface area (Å²) in [5, 5.41) is 10.4. The maximum absolute atomic E-state index is 10.2. The van der Waals surface area contributed by atoms with Crippen molar-refractivity contribution < 1.29 is 4.79 Å². The van der Waals surface area contributed by atoms with E-state index in [1.54, 1.807) is 0 Å². The molecular formula is C4H3N3O. The Labute approximate surface area is 45.8 Å². The van der Waals surface area contributed by atoms with E-state index in [0.29, 0.717) is 0 Å². The van der Waals surface area contributed by atoms with Crippen LogP contribution in [0.2, 0.25) is 0 Å². The van der Waals surface area contributed by atoms with Gasteiger partial charge in [0.15, 0.2) is 6.04 Å². The molecule has 40 valence electrons. The van der Waals surface area contributed by atoms with E-state index in [2.05, 4.69) is 10.3 Å². The van der Waals surface area contributed by atoms with Crippen LogP contribution in [0.15, 0.2) is 4.99 Å². The fraction of sp³-hybridized carbons (Fsp3) is 0.250. The molecule has 0 spiro atoms. The van der Waals surface area contributed by atoms with Gasteiger partial charge in [-0.05, 0) is 0 Å². The first-order valence-corrected chi connectivity index (χ1v) is 2.07. The van der Waals surface area contributed by atoms with Gasteiger partial charge in [-0.15, -0.1) is 0 Å². The molecule has 4 nitrogen and oxygen atoms in total. The Morgan fingerprint density at radius 2 is 2.75 bits per heavy atom. The Hall–Kier alpha value is -1.37. The molecular weight excluding hydrogens is 106 g/mol. The third kappa shape index (κ3) is 0.658. The topological polar surface area (TPSA) is 65.2 Å². The number of urea groups is 1. The Bertz CT molecular complexity index is 178. The van der Waals surface area contributed by atoms with Gasteiger partial charge in [0.05, 0.1) is 6.07 Å². The van der Waals surface area contributed by atoms with Crippen LogP contribution in [0, 0.1) is 11.3 Å². The van der Waals surface area contributed by atoms with Crippen molar-refractivity contribution in [1.82, 2.24) is 5.32 Å². The summed E-state index contributed by atoms with van der Waals surface area (Å²) in [6.07, 6.45) is 1.28. The van der Waals surface area contributed by atoms with E-state index in [0.717, 1.165) is 0 Å². The van der Waals surface area contributed by atoms with Crippen molar-refractivity contribution in [2.45, 2.75) is 6.04 Å². The number of rotatable bonds is 0. The minimum absolute atomic E-state index is 0.434. The summed E-state index contributed by atoms with van der Waals surface area (Å²) in [5.74, 6) is 0. The molecule has 4 heteroatoms. The SMILES string of the molecule is N#CC1C=NC(=O)N1. The van der Waals surface area contributed by atoms with Gasteiger partial charge in [0.25, 0.3) is 0 Å². The first-order chi connectivity index (χ1) is 3.83. The highest BCUT2D eigenvalue weighted by Gasteiger charge is 2.12. The van der Waals surface area contributed by atoms with Crippen molar-refractivity contribution in [3.8, 4) is 6.07 Å². The highest BCUT2D eigenvalue weighted by molar-refractivity contribution is 5.94. The van der Waals surface area contributed by atoms with Gasteiger partial charge in [-0.1, -0.05) is 0 Å². The zero-order valence-electron chi connectivity index (χ0n) is 3.96. The van der Waals surface area contributed by atoms with E-state index in [4.69, 9.17) is 5.26 Å². The number of nitrogens with zero attached hydrogens (tertiary/aromatic N) is 2. The maximum Gasteiger partial charge on any atom is 0.342 e. The normalized spacial score (nSPS) is 24.9. The van der Waals surface area contributed by atoms with Crippen LogP contribution in [0.1, 0.15) is 0 Å². The summed E-state index contributed by atoms with van der Waals surface area (Å²) in [6.45, 7) is 0. The van der Waals surface area contributed by atoms with Crippen LogP contribution >= 0.6 is 0 Å². The molecule has 1 aliphatic rings. The number of nitriles is 1. The van der Waals surface area contributed by atoms with E-state index in [-0.39, 0.29) is 0 Å². The van der Waals surface area contributed by atoms with Crippen LogP contribution in [0.4, 0.5) is 4.79 Å². The molecule has 0 saturated carbocycles. The second-order valence-electron chi connectivity index (χ2n) is 1.33. The Kier molecular flexibility index (Phi) is 0.968. The largest absolute Gasteiger partial charge is 0.342 e. The molecule has 1 N–H and O–H groups in total. The lowest BCUT2D eigenvalue weighted by atomic mass is 10.4. The molecule has 1 heterocycles. The van der Waals surface area contributed by atoms with Crippen LogP contribution in [-0.4, -0.2) is 18.3 Å². The lowest BCUT2D eigenvalue weighted by Crippen LogP contribution is -2.25. The van der Waals surface area contributed by atoms with Crippen LogP contribution in [0.25, 0.3) is 0 Å². The zero-order chi connectivity index (χ0) is 5.98. The van der Waals surface area contributed by atoms with E-state index in [9.17, 15) is 4.79 Å². The summed E-state index contributed by atoms with van der Waals surface area (Å²) in [4.78, 5) is 13.4. The molecule has 0 bridgehead atoms. The van der Waals surface area contributed by atoms with Gasteiger partial charge in [0, 0.05) is 6.21 Å². The van der Waals surface area contributed by atoms with Crippen molar-refractivity contribution in [2.24, 2.45) is 4.99 Å². The van der Waals surface area contributed by atoms with Gasteiger partial charge in [-0.25, -0.2) is 9.79 Å². The van der Waals surface area contributed by atoms with Gasteiger partial charge in [0.1, 0.15) is 0 Å². The van der Waals surface area contributed by atoms with Crippen molar-refractivity contribution in [1.29, 1.82) is 5.26 Å². The fourth-order valence-electron chi connectivity index (χ4n) is 0.415. The molecule has 1 aliphatic heterocycles. The molecule has 0 radical (unpaired) electrons. The summed E-state index contributed by atoms with van der Waals surface area (Å²) < 4.78 is 0. The van der Waals surface area contributed by atoms with Gasteiger partial charge in [0.2, 0.25) is 0 Å². The Morgan fingerprint density at radius 3 is 3.00 bits per heavy atom. The fourth-order valence-corrected chi connectivity index (χ4v) is 0.415. The van der Waals surface area contributed by atoms with Crippen molar-refractivity contribution >= 4 is 12.2 Å². The number of carbonyl (C=O) groups excluding carboxylic acids is 1. The summed E-state index contributed by atoms with van der Waals surface area (Å²) in [7, 11) is 0. The van der Waals surface area contributed by atoms with Crippen LogP contribution < -0.4 is 5.32 Å². The number of carbonyl (C=O) groups is 1. The molecule has 0 aliphatic carbocycles. The average Bonchev–Trinajstić information content (AvgIpc) is 2.14. The predicted molar refractivity (Wildman–Crippen MR) is 26.4 cm³/mol. The molecule has 8 heavy (non-hydrogen) atoms. The molecule has 1 rings (SSSR count). The van der Waals surface area contributed by atoms with E-state index >= 15 is 0 Å².